The van der Waals surface area contributed by atoms with Crippen LogP contribution in [0.25, 0.3) is 43.4 Å². The van der Waals surface area contributed by atoms with Crippen molar-refractivity contribution in [2.75, 3.05) is 32.6 Å². The van der Waals surface area contributed by atoms with Crippen LogP contribution in [-0.4, -0.2) is 103 Å². The molecule has 1 aliphatic heterocycles. The number of rotatable bonds is 13. The van der Waals surface area contributed by atoms with Crippen molar-refractivity contribution in [3.63, 3.8) is 0 Å². The van der Waals surface area contributed by atoms with Gasteiger partial charge in [0, 0.05) is 51.8 Å². The summed E-state index contributed by atoms with van der Waals surface area (Å²) in [5.41, 5.74) is 8.85. The zero-order valence-corrected chi connectivity index (χ0v) is 49.5. The average molecular weight is 1220 g/mol. The monoisotopic (exact) mass is 1220 g/mol. The minimum absolute atomic E-state index is 0.000554. The molecule has 29 heteroatoms. The van der Waals surface area contributed by atoms with Crippen LogP contribution in [0.1, 0.15) is 119 Å². The summed E-state index contributed by atoms with van der Waals surface area (Å²) in [6.45, 7) is 8.76. The fraction of sp³-hybridized carbons (Fsp3) is 0.302. The Balaban J connectivity index is 1.11. The molecule has 0 unspecified atom stereocenters. The van der Waals surface area contributed by atoms with Crippen LogP contribution < -0.4 is 37.6 Å². The lowest BCUT2D eigenvalue weighted by Crippen LogP contribution is -2.40. The lowest BCUT2D eigenvalue weighted by molar-refractivity contribution is -0.122. The number of aryl methyl sites for hydroxylation is 1. The Kier molecular flexibility index (Phi) is 19.0. The van der Waals surface area contributed by atoms with Gasteiger partial charge in [-0.3, -0.25) is 29.3 Å². The van der Waals surface area contributed by atoms with Gasteiger partial charge < -0.3 is 46.9 Å². The number of carbonyl (C=O) groups is 6. The molecule has 0 aliphatic carbocycles. The van der Waals surface area contributed by atoms with E-state index in [2.05, 4.69) is 53.4 Å². The zero-order chi connectivity index (χ0) is 58.2. The number of carbonyl (C=O) groups excluding carboxylic acids is 6. The molecule has 6 amide bonds. The van der Waals surface area contributed by atoms with E-state index in [1.54, 1.807) is 70.9 Å². The molecule has 82 heavy (non-hydrogen) atoms. The molecule has 1 aromatic carbocycles. The predicted molar refractivity (Wildman–Crippen MR) is 314 cm³/mol. The Bertz CT molecular complexity index is 3660. The summed E-state index contributed by atoms with van der Waals surface area (Å²) >= 11 is 7.18. The second-order valence-corrected chi connectivity index (χ2v) is 24.5. The number of anilines is 1. The number of nitrogens with one attached hydrogen (secondary N) is 6. The quantitative estimate of drug-likeness (QED) is 0.0505. The number of hydrogen-bond donors (Lipinski definition) is 8. The molecule has 7 aromatic heterocycles. The predicted octanol–water partition coefficient (Wildman–Crippen LogP) is 8.11. The molecule has 8 aromatic rings. The number of hydrogen-bond acceptors (Lipinski definition) is 23. The second kappa shape index (κ2) is 26.4. The third-order valence-electron chi connectivity index (χ3n) is 12.4. The average Bonchev–Trinajstić information content (AvgIpc) is 4.35. The van der Waals surface area contributed by atoms with E-state index >= 15 is 0 Å². The molecular formula is C53H54N14O9S6. The molecule has 0 spiro atoms. The normalized spacial score (nSPS) is 16.3. The van der Waals surface area contributed by atoms with Gasteiger partial charge in [0.1, 0.15) is 82.2 Å². The number of aliphatic hydroxyl groups is 1. The fourth-order valence-corrected chi connectivity index (χ4v) is 13.7. The summed E-state index contributed by atoms with van der Waals surface area (Å²) in [5, 5.41) is 37.8. The number of nitrogens with zero attached hydrogens (tertiary/aromatic N) is 7. The summed E-state index contributed by atoms with van der Waals surface area (Å²) in [6, 6.07) is 9.50. The number of aliphatic hydroxyl groups excluding tert-OH is 1. The number of aromatic nitrogens is 7. The molecule has 0 saturated carbocycles. The van der Waals surface area contributed by atoms with Crippen molar-refractivity contribution in [2.45, 2.75) is 70.9 Å². The molecule has 8 heterocycles. The number of thiazole rings is 6. The summed E-state index contributed by atoms with van der Waals surface area (Å²) in [4.78, 5) is 117. The maximum Gasteiger partial charge on any atom is 0.412 e. The lowest BCUT2D eigenvalue weighted by Gasteiger charge is -2.23. The van der Waals surface area contributed by atoms with Gasteiger partial charge in [-0.15, -0.1) is 68.0 Å². The van der Waals surface area contributed by atoms with E-state index in [4.69, 9.17) is 35.1 Å². The molecule has 0 radical (unpaired) electrons. The lowest BCUT2D eigenvalue weighted by atomic mass is 10.0. The molecule has 9 rings (SSSR count). The van der Waals surface area contributed by atoms with Crippen LogP contribution in [0.2, 0.25) is 0 Å². The molecule has 426 valence electrons. The number of pyridine rings is 1. The largest absolute Gasteiger partial charge is 0.449 e. The van der Waals surface area contributed by atoms with Gasteiger partial charge in [0.05, 0.1) is 48.8 Å². The third kappa shape index (κ3) is 13.9. The number of allylic oxidation sites excluding steroid dienone is 1. The SMILES string of the molecule is C=C(N)CCCOC(=O)Nc1csc(-c2ccc3c(n2)-c2csc(n2)-c2csc(n2)[C@H]([C@@H](O)c2ccccc2)NC(=O)CNC(=O)c2nc(sc2COC)[C@H](C(C)C)NC(=O)c2nc(sc2C)[C@H](CC(=O)NC)NC(=O)c2csc-3n2)n1. The van der Waals surface area contributed by atoms with E-state index in [0.717, 1.165) is 11.3 Å². The fourth-order valence-electron chi connectivity index (χ4n) is 8.25. The summed E-state index contributed by atoms with van der Waals surface area (Å²) in [7, 11) is 2.94. The minimum Gasteiger partial charge on any atom is -0.449 e. The van der Waals surface area contributed by atoms with Gasteiger partial charge in [-0.1, -0.05) is 50.8 Å². The topological polar surface area (TPSA) is 330 Å². The Morgan fingerprint density at radius 2 is 1.48 bits per heavy atom. The van der Waals surface area contributed by atoms with E-state index in [0.29, 0.717) is 92.2 Å². The third-order valence-corrected chi connectivity index (χ3v) is 18.1. The van der Waals surface area contributed by atoms with Gasteiger partial charge in [0.2, 0.25) is 11.8 Å². The second-order valence-electron chi connectivity index (χ2n) is 18.7. The molecular weight excluding hydrogens is 1170 g/mol. The van der Waals surface area contributed by atoms with E-state index < -0.39 is 66.4 Å². The molecule has 4 atom stereocenters. The Labute approximate surface area is 493 Å². The summed E-state index contributed by atoms with van der Waals surface area (Å²) in [6.07, 6.45) is -1.17. The first-order valence-corrected chi connectivity index (χ1v) is 30.4. The van der Waals surface area contributed by atoms with E-state index in [9.17, 15) is 33.9 Å². The van der Waals surface area contributed by atoms with Gasteiger partial charge in [0.25, 0.3) is 17.7 Å². The van der Waals surface area contributed by atoms with Crippen molar-refractivity contribution >= 4 is 109 Å². The van der Waals surface area contributed by atoms with Crippen molar-refractivity contribution in [1.29, 1.82) is 0 Å². The standard InChI is InChI=1S/C53H54N14O9S6/c1-24(2)38-52-67-41(34(82-52)19-75-6)45(72)56-18-37(69)64-42(43(70)27-12-8-7-9-13-27)51-61-33(22-79-51)49-59-31(20-78-49)40-28(14-15-29(57-40)48-62-35(23-80-48)63-53(74)76-16-10-11-25(3)54)47-60-32(21-77-47)44(71)58-30(17-36(68)55-5)50-66-39(26(4)81-50)46(73)65-38/h7-9,12-15,20-24,30,38,42-43,70H,3,10-11,16-19,54H2,1-2,4-6H3,(H,55,68)(H,56,72)(H,58,71)(H,63,74)(H,64,69)(H,65,73)/t30-,38-,42-,43-/m0/s1. The van der Waals surface area contributed by atoms with E-state index in [1.807, 2.05) is 13.8 Å². The summed E-state index contributed by atoms with van der Waals surface area (Å²) < 4.78 is 10.7. The first-order chi connectivity index (χ1) is 39.5. The van der Waals surface area contributed by atoms with E-state index in [1.165, 1.54) is 70.8 Å². The zero-order valence-electron chi connectivity index (χ0n) is 44.6. The molecule has 0 saturated heterocycles. The highest BCUT2D eigenvalue weighted by Crippen LogP contribution is 2.40. The maximum atomic E-state index is 14.3. The highest BCUT2D eigenvalue weighted by Gasteiger charge is 2.33. The molecule has 23 nitrogen and oxygen atoms in total. The van der Waals surface area contributed by atoms with Crippen LogP contribution in [0, 0.1) is 12.8 Å². The van der Waals surface area contributed by atoms with Crippen LogP contribution in [-0.2, 0) is 25.7 Å². The van der Waals surface area contributed by atoms with Crippen LogP contribution in [0.5, 0.6) is 0 Å². The molecule has 0 fully saturated rings. The van der Waals surface area contributed by atoms with Crippen LogP contribution in [0.4, 0.5) is 10.6 Å². The van der Waals surface area contributed by atoms with Crippen LogP contribution in [0.3, 0.4) is 0 Å². The van der Waals surface area contributed by atoms with Gasteiger partial charge in [-0.2, -0.15) is 0 Å². The number of fused-ring (bicyclic) bond motifs is 14. The summed E-state index contributed by atoms with van der Waals surface area (Å²) in [5.74, 6) is -2.88. The van der Waals surface area contributed by atoms with Crippen LogP contribution >= 0.6 is 68.0 Å². The number of amides is 6. The van der Waals surface area contributed by atoms with Gasteiger partial charge in [-0.05, 0) is 43.4 Å². The number of methoxy groups -OCH3 is 1. The molecule has 9 N–H and O–H groups in total. The van der Waals surface area contributed by atoms with Gasteiger partial charge in [0.15, 0.2) is 0 Å². The van der Waals surface area contributed by atoms with Crippen molar-refractivity contribution < 1.29 is 43.3 Å². The van der Waals surface area contributed by atoms with Crippen molar-refractivity contribution in [3.8, 4) is 43.4 Å². The minimum atomic E-state index is -1.27. The van der Waals surface area contributed by atoms with Gasteiger partial charge >= 0.3 is 6.09 Å². The van der Waals surface area contributed by atoms with Crippen molar-refractivity contribution in [1.82, 2.24) is 61.5 Å². The van der Waals surface area contributed by atoms with Crippen LogP contribution in [0.15, 0.2) is 76.3 Å². The Morgan fingerprint density at radius 1 is 0.756 bits per heavy atom. The molecule has 10 bridgehead atoms. The van der Waals surface area contributed by atoms with Gasteiger partial charge in [-0.25, -0.2) is 39.7 Å². The van der Waals surface area contributed by atoms with Crippen molar-refractivity contribution in [2.24, 2.45) is 11.7 Å². The number of ether oxygens (including phenoxy) is 2. The maximum absolute atomic E-state index is 14.3. The molecule has 1 aliphatic rings. The number of nitrogens with two attached hydrogens (primary N) is 1. The Hall–Kier alpha value is -7.77. The first kappa shape index (κ1) is 58.9. The Morgan fingerprint density at radius 3 is 2.23 bits per heavy atom. The highest BCUT2D eigenvalue weighted by atomic mass is 32.1. The number of benzene rings is 1. The van der Waals surface area contributed by atoms with Crippen molar-refractivity contribution in [3.05, 3.63) is 124 Å². The highest BCUT2D eigenvalue weighted by molar-refractivity contribution is 7.15. The van der Waals surface area contributed by atoms with E-state index in [-0.39, 0.29) is 48.5 Å². The first-order valence-electron chi connectivity index (χ1n) is 25.3. The smallest absolute Gasteiger partial charge is 0.412 e.